The number of carbonyl (C=O) groups is 1. The van der Waals surface area contributed by atoms with Crippen LogP contribution in [0, 0.1) is 5.82 Å². The van der Waals surface area contributed by atoms with Crippen LogP contribution in [0.1, 0.15) is 21.5 Å². The molecule has 4 nitrogen and oxygen atoms in total. The van der Waals surface area contributed by atoms with Gasteiger partial charge < -0.3 is 9.32 Å². The van der Waals surface area contributed by atoms with Gasteiger partial charge in [0, 0.05) is 24.2 Å². The van der Waals surface area contributed by atoms with Crippen LogP contribution >= 0.6 is 0 Å². The molecule has 3 aromatic carbocycles. The second-order valence-corrected chi connectivity index (χ2v) is 7.33. The summed E-state index contributed by atoms with van der Waals surface area (Å²) in [4.78, 5) is 19.6. The van der Waals surface area contributed by atoms with Crippen LogP contribution in [0.2, 0.25) is 0 Å². The molecule has 0 spiro atoms. The van der Waals surface area contributed by atoms with Crippen molar-refractivity contribution < 1.29 is 13.6 Å². The first kappa shape index (κ1) is 18.3. The standard InChI is InChI=1S/C25H19FN2O2/c26-20-11-9-18(10-12-20)23-15-27-24(30-23)21-7-3-4-8-22(21)25(29)28-14-13-17-5-1-2-6-19(17)16-28/h1-12,15H,13-14,16H2. The summed E-state index contributed by atoms with van der Waals surface area (Å²) in [7, 11) is 0. The van der Waals surface area contributed by atoms with Gasteiger partial charge in [0.25, 0.3) is 5.91 Å². The largest absolute Gasteiger partial charge is 0.436 e. The molecule has 5 heteroatoms. The number of hydrogen-bond donors (Lipinski definition) is 0. The predicted octanol–water partition coefficient (Wildman–Crippen LogP) is 5.35. The van der Waals surface area contributed by atoms with E-state index in [1.54, 1.807) is 24.4 Å². The molecule has 0 unspecified atom stereocenters. The van der Waals surface area contributed by atoms with Gasteiger partial charge in [-0.2, -0.15) is 0 Å². The van der Waals surface area contributed by atoms with E-state index in [4.69, 9.17) is 4.42 Å². The van der Waals surface area contributed by atoms with Gasteiger partial charge in [-0.25, -0.2) is 9.37 Å². The Labute approximate surface area is 173 Å². The fourth-order valence-corrected chi connectivity index (χ4v) is 3.84. The minimum absolute atomic E-state index is 0.0402. The van der Waals surface area contributed by atoms with Crippen molar-refractivity contribution in [3.63, 3.8) is 0 Å². The maximum absolute atomic E-state index is 13.3. The average Bonchev–Trinajstić information content (AvgIpc) is 3.29. The molecule has 30 heavy (non-hydrogen) atoms. The first-order valence-electron chi connectivity index (χ1n) is 9.86. The number of aromatic nitrogens is 1. The molecule has 1 aliphatic rings. The molecule has 5 rings (SSSR count). The van der Waals surface area contributed by atoms with Gasteiger partial charge in [0.2, 0.25) is 5.89 Å². The molecule has 1 amide bonds. The van der Waals surface area contributed by atoms with Gasteiger partial charge >= 0.3 is 0 Å². The third-order valence-electron chi connectivity index (χ3n) is 5.44. The number of benzene rings is 3. The third kappa shape index (κ3) is 3.39. The molecule has 4 aromatic rings. The van der Waals surface area contributed by atoms with Crippen LogP contribution in [0.15, 0.2) is 83.4 Å². The quantitative estimate of drug-likeness (QED) is 0.468. The first-order chi connectivity index (χ1) is 14.7. The molecule has 0 saturated carbocycles. The van der Waals surface area contributed by atoms with Crippen molar-refractivity contribution in [1.29, 1.82) is 0 Å². The highest BCUT2D eigenvalue weighted by atomic mass is 19.1. The number of halogens is 1. The summed E-state index contributed by atoms with van der Waals surface area (Å²) in [6.07, 6.45) is 2.44. The van der Waals surface area contributed by atoms with Crippen LogP contribution in [0.4, 0.5) is 4.39 Å². The summed E-state index contributed by atoms with van der Waals surface area (Å²) < 4.78 is 19.1. The Kier molecular flexibility index (Phi) is 4.64. The second-order valence-electron chi connectivity index (χ2n) is 7.33. The van der Waals surface area contributed by atoms with Gasteiger partial charge in [0.15, 0.2) is 5.76 Å². The normalized spacial score (nSPS) is 13.2. The molecule has 0 radical (unpaired) electrons. The smallest absolute Gasteiger partial charge is 0.254 e. The van der Waals surface area contributed by atoms with E-state index in [2.05, 4.69) is 17.1 Å². The summed E-state index contributed by atoms with van der Waals surface area (Å²) in [5.41, 5.74) is 4.42. The van der Waals surface area contributed by atoms with Crippen molar-refractivity contribution in [3.05, 3.63) is 102 Å². The molecule has 0 bridgehead atoms. The van der Waals surface area contributed by atoms with Crippen LogP contribution in [0.3, 0.4) is 0 Å². The van der Waals surface area contributed by atoms with Crippen LogP contribution in [0.5, 0.6) is 0 Å². The van der Waals surface area contributed by atoms with E-state index in [1.807, 2.05) is 35.2 Å². The predicted molar refractivity (Wildman–Crippen MR) is 112 cm³/mol. The lowest BCUT2D eigenvalue weighted by molar-refractivity contribution is 0.0735. The second kappa shape index (κ2) is 7.59. The number of oxazole rings is 1. The molecular weight excluding hydrogens is 379 g/mol. The van der Waals surface area contributed by atoms with Crippen LogP contribution in [0.25, 0.3) is 22.8 Å². The van der Waals surface area contributed by atoms with Gasteiger partial charge in [-0.1, -0.05) is 36.4 Å². The molecule has 2 heterocycles. The number of amides is 1. The van der Waals surface area contributed by atoms with E-state index >= 15 is 0 Å². The van der Waals surface area contributed by atoms with Crippen LogP contribution < -0.4 is 0 Å². The first-order valence-corrected chi connectivity index (χ1v) is 9.86. The molecule has 148 valence electrons. The van der Waals surface area contributed by atoms with Crippen molar-refractivity contribution in [3.8, 4) is 22.8 Å². The average molecular weight is 398 g/mol. The maximum Gasteiger partial charge on any atom is 0.254 e. The zero-order chi connectivity index (χ0) is 20.5. The van der Waals surface area contributed by atoms with E-state index in [1.165, 1.54) is 23.3 Å². The lowest BCUT2D eigenvalue weighted by Crippen LogP contribution is -2.36. The van der Waals surface area contributed by atoms with Crippen molar-refractivity contribution in [2.75, 3.05) is 6.54 Å². The van der Waals surface area contributed by atoms with E-state index in [0.29, 0.717) is 35.9 Å². The number of carbonyl (C=O) groups excluding carboxylic acids is 1. The lowest BCUT2D eigenvalue weighted by atomic mass is 9.98. The van der Waals surface area contributed by atoms with Gasteiger partial charge in [-0.05, 0) is 53.9 Å². The fraction of sp³-hybridized carbons (Fsp3) is 0.120. The Morgan fingerprint density at radius 3 is 2.50 bits per heavy atom. The Hall–Kier alpha value is -3.73. The molecule has 0 fully saturated rings. The number of hydrogen-bond acceptors (Lipinski definition) is 3. The fourth-order valence-electron chi connectivity index (χ4n) is 3.84. The summed E-state index contributed by atoms with van der Waals surface area (Å²) in [5.74, 6) is 0.550. The SMILES string of the molecule is O=C(c1ccccc1-c1ncc(-c2ccc(F)cc2)o1)N1CCc2ccccc2C1. The van der Waals surface area contributed by atoms with Crippen molar-refractivity contribution in [2.45, 2.75) is 13.0 Å². The maximum atomic E-state index is 13.3. The van der Waals surface area contributed by atoms with E-state index in [9.17, 15) is 9.18 Å². The van der Waals surface area contributed by atoms with Gasteiger partial charge in [-0.3, -0.25) is 4.79 Å². The minimum atomic E-state index is -0.308. The molecule has 0 saturated heterocycles. The molecule has 0 atom stereocenters. The molecule has 1 aliphatic heterocycles. The Bertz CT molecular complexity index is 1210. The van der Waals surface area contributed by atoms with Crippen molar-refractivity contribution in [1.82, 2.24) is 9.88 Å². The third-order valence-corrected chi connectivity index (χ3v) is 5.44. The number of nitrogens with zero attached hydrogens (tertiary/aromatic N) is 2. The Morgan fingerprint density at radius 1 is 0.933 bits per heavy atom. The Morgan fingerprint density at radius 2 is 1.67 bits per heavy atom. The number of rotatable bonds is 3. The highest BCUT2D eigenvalue weighted by Gasteiger charge is 2.25. The summed E-state index contributed by atoms with van der Waals surface area (Å²) in [5, 5.41) is 0. The zero-order valence-corrected chi connectivity index (χ0v) is 16.2. The summed E-state index contributed by atoms with van der Waals surface area (Å²) in [6, 6.07) is 21.6. The van der Waals surface area contributed by atoms with E-state index in [-0.39, 0.29) is 11.7 Å². The van der Waals surface area contributed by atoms with Crippen LogP contribution in [-0.2, 0) is 13.0 Å². The highest BCUT2D eigenvalue weighted by molar-refractivity contribution is 6.00. The molecule has 1 aromatic heterocycles. The van der Waals surface area contributed by atoms with Gasteiger partial charge in [0.05, 0.1) is 11.8 Å². The topological polar surface area (TPSA) is 46.3 Å². The minimum Gasteiger partial charge on any atom is -0.436 e. The molecule has 0 aliphatic carbocycles. The zero-order valence-electron chi connectivity index (χ0n) is 16.2. The van der Waals surface area contributed by atoms with Crippen molar-refractivity contribution >= 4 is 5.91 Å². The van der Waals surface area contributed by atoms with E-state index < -0.39 is 0 Å². The molecular formula is C25H19FN2O2. The van der Waals surface area contributed by atoms with Crippen molar-refractivity contribution in [2.24, 2.45) is 0 Å². The highest BCUT2D eigenvalue weighted by Crippen LogP contribution is 2.30. The van der Waals surface area contributed by atoms with Gasteiger partial charge in [-0.15, -0.1) is 0 Å². The number of fused-ring (bicyclic) bond motifs is 1. The lowest BCUT2D eigenvalue weighted by Gasteiger charge is -2.29. The van der Waals surface area contributed by atoms with E-state index in [0.717, 1.165) is 12.0 Å². The molecule has 0 N–H and O–H groups in total. The van der Waals surface area contributed by atoms with Crippen LogP contribution in [-0.4, -0.2) is 22.3 Å². The summed E-state index contributed by atoms with van der Waals surface area (Å²) in [6.45, 7) is 1.27. The monoisotopic (exact) mass is 398 g/mol. The summed E-state index contributed by atoms with van der Waals surface area (Å²) >= 11 is 0. The Balaban J connectivity index is 1.45. The van der Waals surface area contributed by atoms with Gasteiger partial charge in [0.1, 0.15) is 5.82 Å².